The Hall–Kier alpha value is -3.14. The maximum absolute atomic E-state index is 5.42. The molecule has 0 aliphatic heterocycles. The Labute approximate surface area is 127 Å². The van der Waals surface area contributed by atoms with Gasteiger partial charge in [0, 0.05) is 16.7 Å². The number of benzene rings is 2. The van der Waals surface area contributed by atoms with Gasteiger partial charge in [-0.1, -0.05) is 47.6 Å². The fourth-order valence-corrected chi connectivity index (χ4v) is 2.29. The highest BCUT2D eigenvalue weighted by Gasteiger charge is 2.11. The van der Waals surface area contributed by atoms with Gasteiger partial charge in [-0.15, -0.1) is 0 Å². The fraction of sp³-hybridized carbons (Fsp3) is 0. The molecule has 0 spiro atoms. The molecular weight excluding hydrogens is 276 g/mol. The smallest absolute Gasteiger partial charge is 0.258 e. The van der Waals surface area contributed by atoms with Crippen molar-refractivity contribution >= 4 is 0 Å². The summed E-state index contributed by atoms with van der Waals surface area (Å²) in [6.45, 7) is 0. The number of furan rings is 1. The minimum Gasteiger partial charge on any atom is -0.464 e. The summed E-state index contributed by atoms with van der Waals surface area (Å²) in [5.41, 5.74) is 2.77. The van der Waals surface area contributed by atoms with E-state index in [-0.39, 0.29) is 0 Å². The van der Waals surface area contributed by atoms with E-state index in [1.165, 1.54) is 0 Å². The van der Waals surface area contributed by atoms with Crippen LogP contribution in [0.4, 0.5) is 0 Å². The van der Waals surface area contributed by atoms with Crippen LogP contribution in [-0.4, -0.2) is 10.1 Å². The van der Waals surface area contributed by atoms with Gasteiger partial charge in [0.25, 0.3) is 5.89 Å². The van der Waals surface area contributed by atoms with Crippen LogP contribution in [0.15, 0.2) is 81.9 Å². The molecule has 106 valence electrons. The third-order valence-electron chi connectivity index (χ3n) is 3.37. The molecule has 0 saturated carbocycles. The topological polar surface area (TPSA) is 52.1 Å². The number of nitrogens with zero attached hydrogens (tertiary/aromatic N) is 2. The molecule has 2 aromatic carbocycles. The van der Waals surface area contributed by atoms with E-state index in [0.29, 0.717) is 11.7 Å². The summed E-state index contributed by atoms with van der Waals surface area (Å²) >= 11 is 0. The molecule has 0 radical (unpaired) electrons. The van der Waals surface area contributed by atoms with Crippen LogP contribution in [0, 0.1) is 0 Å². The standard InChI is InChI=1S/C18H12N2O2/c1-2-6-13(7-3-1)17-19-18(22-20-17)15-9-4-8-14(12-15)16-10-5-11-21-16/h1-12H. The molecule has 0 aliphatic rings. The first-order chi connectivity index (χ1) is 10.9. The third kappa shape index (κ3) is 2.31. The second-order valence-electron chi connectivity index (χ2n) is 4.85. The van der Waals surface area contributed by atoms with E-state index >= 15 is 0 Å². The van der Waals surface area contributed by atoms with Gasteiger partial charge in [-0.25, -0.2) is 0 Å². The number of rotatable bonds is 3. The van der Waals surface area contributed by atoms with Crippen LogP contribution in [0.2, 0.25) is 0 Å². The van der Waals surface area contributed by atoms with Crippen molar-refractivity contribution in [1.82, 2.24) is 10.1 Å². The molecule has 0 unspecified atom stereocenters. The van der Waals surface area contributed by atoms with Crippen molar-refractivity contribution in [2.45, 2.75) is 0 Å². The molecular formula is C18H12N2O2. The van der Waals surface area contributed by atoms with Gasteiger partial charge in [0.05, 0.1) is 6.26 Å². The molecule has 0 N–H and O–H groups in total. The Kier molecular flexibility index (Phi) is 3.05. The molecule has 4 heteroatoms. The van der Waals surface area contributed by atoms with Crippen LogP contribution in [0.1, 0.15) is 0 Å². The van der Waals surface area contributed by atoms with Gasteiger partial charge < -0.3 is 8.94 Å². The van der Waals surface area contributed by atoms with Crippen molar-refractivity contribution in [3.05, 3.63) is 73.0 Å². The Balaban J connectivity index is 1.71. The second kappa shape index (κ2) is 5.33. The Morgan fingerprint density at radius 2 is 1.55 bits per heavy atom. The first-order valence-corrected chi connectivity index (χ1v) is 6.93. The molecule has 0 amide bonds. The summed E-state index contributed by atoms with van der Waals surface area (Å²) in [6, 6.07) is 21.4. The predicted octanol–water partition coefficient (Wildman–Crippen LogP) is 4.66. The predicted molar refractivity (Wildman–Crippen MR) is 82.9 cm³/mol. The summed E-state index contributed by atoms with van der Waals surface area (Å²) in [6.07, 6.45) is 1.65. The summed E-state index contributed by atoms with van der Waals surface area (Å²) in [5, 5.41) is 4.05. The van der Waals surface area contributed by atoms with Gasteiger partial charge in [0.15, 0.2) is 0 Å². The number of hydrogen-bond donors (Lipinski definition) is 0. The van der Waals surface area contributed by atoms with Crippen LogP contribution in [-0.2, 0) is 0 Å². The zero-order valence-corrected chi connectivity index (χ0v) is 11.6. The molecule has 0 saturated heterocycles. The SMILES string of the molecule is c1ccc(-c2noc(-c3cccc(-c4ccco4)c3)n2)cc1. The highest BCUT2D eigenvalue weighted by Crippen LogP contribution is 2.27. The first kappa shape index (κ1) is 12.6. The molecule has 0 atom stereocenters. The minimum absolute atomic E-state index is 0.493. The third-order valence-corrected chi connectivity index (χ3v) is 3.37. The van der Waals surface area contributed by atoms with Crippen molar-refractivity contribution in [3.63, 3.8) is 0 Å². The zero-order valence-electron chi connectivity index (χ0n) is 11.6. The summed E-state index contributed by atoms with van der Waals surface area (Å²) in [5.74, 6) is 1.89. The quantitative estimate of drug-likeness (QED) is 0.550. The molecule has 2 aromatic heterocycles. The van der Waals surface area contributed by atoms with Crippen molar-refractivity contribution in [1.29, 1.82) is 0 Å². The largest absolute Gasteiger partial charge is 0.464 e. The molecule has 2 heterocycles. The van der Waals surface area contributed by atoms with Crippen LogP contribution in [0.25, 0.3) is 34.2 Å². The molecule has 0 aliphatic carbocycles. The van der Waals surface area contributed by atoms with Gasteiger partial charge in [0.2, 0.25) is 5.82 Å². The molecule has 0 fully saturated rings. The number of aromatic nitrogens is 2. The highest BCUT2D eigenvalue weighted by molar-refractivity contribution is 5.67. The summed E-state index contributed by atoms with van der Waals surface area (Å²) < 4.78 is 10.8. The monoisotopic (exact) mass is 288 g/mol. The van der Waals surface area contributed by atoms with E-state index in [1.807, 2.05) is 66.7 Å². The zero-order chi connectivity index (χ0) is 14.8. The molecule has 22 heavy (non-hydrogen) atoms. The maximum Gasteiger partial charge on any atom is 0.258 e. The first-order valence-electron chi connectivity index (χ1n) is 6.93. The van der Waals surface area contributed by atoms with Gasteiger partial charge >= 0.3 is 0 Å². The van der Waals surface area contributed by atoms with E-state index in [4.69, 9.17) is 8.94 Å². The van der Waals surface area contributed by atoms with Gasteiger partial charge in [0.1, 0.15) is 5.76 Å². The van der Waals surface area contributed by atoms with Crippen LogP contribution in [0.3, 0.4) is 0 Å². The van der Waals surface area contributed by atoms with Gasteiger partial charge in [-0.05, 0) is 24.3 Å². The second-order valence-corrected chi connectivity index (χ2v) is 4.85. The van der Waals surface area contributed by atoms with Crippen molar-refractivity contribution in [2.75, 3.05) is 0 Å². The Morgan fingerprint density at radius 3 is 2.36 bits per heavy atom. The van der Waals surface area contributed by atoms with Crippen LogP contribution < -0.4 is 0 Å². The average Bonchev–Trinajstić information content (AvgIpc) is 3.28. The van der Waals surface area contributed by atoms with E-state index in [0.717, 1.165) is 22.5 Å². The van der Waals surface area contributed by atoms with Crippen molar-refractivity contribution < 1.29 is 8.94 Å². The fourth-order valence-electron chi connectivity index (χ4n) is 2.29. The highest BCUT2D eigenvalue weighted by atomic mass is 16.5. The Bertz CT molecular complexity index is 880. The lowest BCUT2D eigenvalue weighted by atomic mass is 10.1. The molecule has 4 aromatic rings. The van der Waals surface area contributed by atoms with Crippen LogP contribution in [0.5, 0.6) is 0 Å². The summed E-state index contributed by atoms with van der Waals surface area (Å²) in [4.78, 5) is 4.46. The lowest BCUT2D eigenvalue weighted by Gasteiger charge is -1.99. The van der Waals surface area contributed by atoms with E-state index in [2.05, 4.69) is 10.1 Å². The van der Waals surface area contributed by atoms with Crippen LogP contribution >= 0.6 is 0 Å². The summed E-state index contributed by atoms with van der Waals surface area (Å²) in [7, 11) is 0. The number of hydrogen-bond acceptors (Lipinski definition) is 4. The van der Waals surface area contributed by atoms with Crippen molar-refractivity contribution in [2.24, 2.45) is 0 Å². The van der Waals surface area contributed by atoms with E-state index < -0.39 is 0 Å². The molecule has 4 rings (SSSR count). The van der Waals surface area contributed by atoms with Gasteiger partial charge in [-0.3, -0.25) is 0 Å². The van der Waals surface area contributed by atoms with Gasteiger partial charge in [-0.2, -0.15) is 4.98 Å². The maximum atomic E-state index is 5.42. The Morgan fingerprint density at radius 1 is 0.727 bits per heavy atom. The lowest BCUT2D eigenvalue weighted by Crippen LogP contribution is -1.81. The van der Waals surface area contributed by atoms with Crippen molar-refractivity contribution in [3.8, 4) is 34.2 Å². The van der Waals surface area contributed by atoms with E-state index in [9.17, 15) is 0 Å². The minimum atomic E-state index is 0.493. The lowest BCUT2D eigenvalue weighted by molar-refractivity contribution is 0.432. The van der Waals surface area contributed by atoms with E-state index in [1.54, 1.807) is 6.26 Å². The average molecular weight is 288 g/mol. The molecule has 0 bridgehead atoms. The molecule has 4 nitrogen and oxygen atoms in total. The normalized spacial score (nSPS) is 10.7.